The second-order valence-corrected chi connectivity index (χ2v) is 7.58. The van der Waals surface area contributed by atoms with Gasteiger partial charge >= 0.3 is 5.97 Å². The zero-order chi connectivity index (χ0) is 10.6. The van der Waals surface area contributed by atoms with Gasteiger partial charge in [-0.15, -0.1) is 0 Å². The average Bonchev–Trinajstić information content (AvgIpc) is 2.18. The second kappa shape index (κ2) is 6.26. The summed E-state index contributed by atoms with van der Waals surface area (Å²) in [4.78, 5) is 11.5. The third-order valence-electron chi connectivity index (χ3n) is 1.30. The highest BCUT2D eigenvalue weighted by Crippen LogP contribution is 2.26. The van der Waals surface area contributed by atoms with E-state index in [1.807, 2.05) is 40.8 Å². The summed E-state index contributed by atoms with van der Waals surface area (Å²) in [5.41, 5.74) is 0. The predicted octanol–water partition coefficient (Wildman–Crippen LogP) is 4.07. The number of benzene rings is 1. The summed E-state index contributed by atoms with van der Waals surface area (Å²) in [5, 5.41) is 0. The number of carbonyl (C=O) groups is 1. The Bertz CT molecular complexity index is 356. The van der Waals surface area contributed by atoms with Crippen molar-refractivity contribution in [2.45, 2.75) is 0 Å². The monoisotopic (exact) mass is 526 g/mol. The molecule has 2 nitrogen and oxygen atoms in total. The van der Waals surface area contributed by atoms with E-state index in [2.05, 4.69) is 45.2 Å². The number of halogens is 3. The lowest BCUT2D eigenvalue weighted by molar-refractivity contribution is -0.129. The van der Waals surface area contributed by atoms with Crippen LogP contribution < -0.4 is 4.74 Å². The summed E-state index contributed by atoms with van der Waals surface area (Å²) < 4.78 is 6.63. The van der Waals surface area contributed by atoms with Gasteiger partial charge in [0.1, 0.15) is 9.33 Å². The van der Waals surface area contributed by atoms with Crippen LogP contribution in [0, 0.1) is 0 Å². The molecule has 14 heavy (non-hydrogen) atoms. The lowest BCUT2D eigenvalue weighted by Crippen LogP contribution is -2.07. The summed E-state index contributed by atoms with van der Waals surface area (Å²) >= 11 is 6.14. The number of para-hydroxylation sites is 1. The zero-order valence-corrected chi connectivity index (χ0v) is 13.3. The third kappa shape index (κ3) is 4.01. The van der Waals surface area contributed by atoms with E-state index < -0.39 is 0 Å². The van der Waals surface area contributed by atoms with Crippen LogP contribution in [-0.2, 0) is 4.79 Å². The first-order valence-electron chi connectivity index (χ1n) is 3.59. The van der Waals surface area contributed by atoms with Crippen molar-refractivity contribution in [3.05, 3.63) is 35.5 Å². The van der Waals surface area contributed by atoms with Crippen LogP contribution in [0.1, 0.15) is 0 Å². The van der Waals surface area contributed by atoms with Crippen molar-refractivity contribution >= 4 is 73.7 Å². The fourth-order valence-corrected chi connectivity index (χ4v) is 1.27. The lowest BCUT2D eigenvalue weighted by atomic mass is 10.3. The van der Waals surface area contributed by atoms with Crippen molar-refractivity contribution < 1.29 is 9.53 Å². The molecule has 0 aliphatic heterocycles. The van der Waals surface area contributed by atoms with Crippen LogP contribution in [0.15, 0.2) is 35.5 Å². The SMILES string of the molecule is O=C(Oc1ccccc1)C(I)=C(I)I. The Morgan fingerprint density at radius 1 is 1.07 bits per heavy atom. The molecular formula is C9H5I3O2. The quantitative estimate of drug-likeness (QED) is 0.252. The molecule has 0 fully saturated rings. The van der Waals surface area contributed by atoms with E-state index in [1.54, 1.807) is 12.1 Å². The second-order valence-electron chi connectivity index (χ2n) is 2.28. The molecular weight excluding hydrogens is 521 g/mol. The van der Waals surface area contributed by atoms with Crippen molar-refractivity contribution in [3.63, 3.8) is 0 Å². The maximum atomic E-state index is 11.5. The average molecular weight is 526 g/mol. The summed E-state index contributed by atoms with van der Waals surface area (Å²) in [6, 6.07) is 9.03. The van der Waals surface area contributed by atoms with Gasteiger partial charge in [0, 0.05) is 0 Å². The van der Waals surface area contributed by atoms with Gasteiger partial charge in [0.25, 0.3) is 0 Å². The highest BCUT2D eigenvalue weighted by molar-refractivity contribution is 14.2. The maximum absolute atomic E-state index is 11.5. The van der Waals surface area contributed by atoms with Crippen LogP contribution in [-0.4, -0.2) is 5.97 Å². The van der Waals surface area contributed by atoms with E-state index in [4.69, 9.17) is 4.74 Å². The molecule has 0 unspecified atom stereocenters. The predicted molar refractivity (Wildman–Crippen MR) is 81.2 cm³/mol. The molecule has 1 rings (SSSR count). The molecule has 0 radical (unpaired) electrons. The molecule has 0 N–H and O–H groups in total. The largest absolute Gasteiger partial charge is 0.423 e. The van der Waals surface area contributed by atoms with Gasteiger partial charge in [-0.25, -0.2) is 4.79 Å². The molecule has 0 atom stereocenters. The van der Waals surface area contributed by atoms with Crippen molar-refractivity contribution in [2.24, 2.45) is 0 Å². The van der Waals surface area contributed by atoms with Gasteiger partial charge < -0.3 is 4.74 Å². The van der Waals surface area contributed by atoms with E-state index in [1.165, 1.54) is 0 Å². The number of carbonyl (C=O) groups excluding carboxylic acids is 1. The topological polar surface area (TPSA) is 26.3 Å². The molecule has 0 amide bonds. The van der Waals surface area contributed by atoms with Gasteiger partial charge in [-0.1, -0.05) is 18.2 Å². The van der Waals surface area contributed by atoms with Gasteiger partial charge in [0.2, 0.25) is 0 Å². The molecule has 74 valence electrons. The highest BCUT2D eigenvalue weighted by Gasteiger charge is 2.11. The fraction of sp³-hybridized carbons (Fsp3) is 0. The Balaban J connectivity index is 2.72. The van der Waals surface area contributed by atoms with Crippen molar-refractivity contribution in [1.29, 1.82) is 0 Å². The Morgan fingerprint density at radius 2 is 1.64 bits per heavy atom. The van der Waals surface area contributed by atoms with E-state index in [9.17, 15) is 4.79 Å². The standard InChI is InChI=1S/C9H5I3O2/c10-7(8(11)12)9(13)14-6-4-2-1-3-5-6/h1-5H. The Hall–Kier alpha value is 0.620. The van der Waals surface area contributed by atoms with Crippen molar-refractivity contribution in [2.75, 3.05) is 0 Å². The first-order chi connectivity index (χ1) is 6.61. The van der Waals surface area contributed by atoms with Crippen LogP contribution in [0.25, 0.3) is 0 Å². The minimum Gasteiger partial charge on any atom is -0.423 e. The van der Waals surface area contributed by atoms with Crippen LogP contribution in [0.2, 0.25) is 0 Å². The zero-order valence-electron chi connectivity index (χ0n) is 6.84. The van der Waals surface area contributed by atoms with E-state index in [-0.39, 0.29) is 5.97 Å². The number of hydrogen-bond acceptors (Lipinski definition) is 2. The minimum absolute atomic E-state index is 0.310. The molecule has 0 saturated heterocycles. The molecule has 0 aromatic heterocycles. The Labute approximate surface area is 123 Å². The molecule has 0 bridgehead atoms. The molecule has 0 aliphatic carbocycles. The lowest BCUT2D eigenvalue weighted by Gasteiger charge is -2.02. The van der Waals surface area contributed by atoms with Crippen LogP contribution >= 0.6 is 67.8 Å². The van der Waals surface area contributed by atoms with Gasteiger partial charge in [-0.2, -0.15) is 0 Å². The third-order valence-corrected chi connectivity index (χ3v) is 5.42. The fourth-order valence-electron chi connectivity index (χ4n) is 0.718. The van der Waals surface area contributed by atoms with Crippen molar-refractivity contribution in [3.8, 4) is 5.75 Å². The molecule has 0 aliphatic rings. The minimum atomic E-state index is -0.310. The summed E-state index contributed by atoms with van der Waals surface area (Å²) in [6.45, 7) is 0. The first-order valence-corrected chi connectivity index (χ1v) is 6.83. The number of esters is 1. The molecule has 0 spiro atoms. The Morgan fingerprint density at radius 3 is 2.14 bits per heavy atom. The number of ether oxygens (including phenoxy) is 1. The molecule has 5 heteroatoms. The van der Waals surface area contributed by atoms with E-state index >= 15 is 0 Å². The van der Waals surface area contributed by atoms with Gasteiger partial charge in [-0.3, -0.25) is 0 Å². The number of hydrogen-bond donors (Lipinski definition) is 0. The van der Waals surface area contributed by atoms with Crippen LogP contribution in [0.3, 0.4) is 0 Å². The highest BCUT2D eigenvalue weighted by atomic mass is 127. The van der Waals surface area contributed by atoms with E-state index in [0.29, 0.717) is 9.33 Å². The molecule has 0 heterocycles. The van der Waals surface area contributed by atoms with E-state index in [0.717, 1.165) is 1.59 Å². The first kappa shape index (κ1) is 12.7. The van der Waals surface area contributed by atoms with Crippen LogP contribution in [0.5, 0.6) is 5.75 Å². The maximum Gasteiger partial charge on any atom is 0.351 e. The van der Waals surface area contributed by atoms with Crippen molar-refractivity contribution in [1.82, 2.24) is 0 Å². The van der Waals surface area contributed by atoms with Gasteiger partial charge in [0.05, 0.1) is 1.59 Å². The molecule has 1 aromatic rings. The molecule has 1 aromatic carbocycles. The van der Waals surface area contributed by atoms with Gasteiger partial charge in [0.15, 0.2) is 0 Å². The van der Waals surface area contributed by atoms with Gasteiger partial charge in [-0.05, 0) is 79.9 Å². The number of rotatable bonds is 2. The Kier molecular flexibility index (Phi) is 5.67. The normalized spacial score (nSPS) is 9.36. The smallest absolute Gasteiger partial charge is 0.351 e. The molecule has 0 saturated carbocycles. The summed E-state index contributed by atoms with van der Waals surface area (Å²) in [5.74, 6) is 0.260. The van der Waals surface area contributed by atoms with Crippen LogP contribution in [0.4, 0.5) is 0 Å². The summed E-state index contributed by atoms with van der Waals surface area (Å²) in [6.07, 6.45) is 0. The summed E-state index contributed by atoms with van der Waals surface area (Å²) in [7, 11) is 0.